The van der Waals surface area contributed by atoms with Gasteiger partial charge in [0.2, 0.25) is 0 Å². The van der Waals surface area contributed by atoms with E-state index in [1.165, 1.54) is 20.0 Å². The van der Waals surface area contributed by atoms with Crippen molar-refractivity contribution in [3.63, 3.8) is 0 Å². The van der Waals surface area contributed by atoms with Gasteiger partial charge in [-0.3, -0.25) is 9.80 Å². The molecule has 3 rings (SSSR count). The van der Waals surface area contributed by atoms with Crippen LogP contribution >= 0.6 is 0 Å². The molecule has 2 aromatic rings. The molecule has 1 atom stereocenters. The number of esters is 1. The van der Waals surface area contributed by atoms with Gasteiger partial charge in [-0.1, -0.05) is 49.2 Å². The predicted molar refractivity (Wildman–Crippen MR) is 95.9 cm³/mol. The second-order valence-corrected chi connectivity index (χ2v) is 6.18. The number of para-hydroxylation sites is 2. The fraction of sp³-hybridized carbons (Fsp3) is 0.350. The number of hydrazine groups is 1. The van der Waals surface area contributed by atoms with Gasteiger partial charge in [-0.15, -0.1) is 0 Å². The third-order valence-electron chi connectivity index (χ3n) is 4.62. The minimum Gasteiger partial charge on any atom is -0.468 e. The first-order chi connectivity index (χ1) is 11.8. The Balaban J connectivity index is 1.91. The maximum Gasteiger partial charge on any atom is 0.324 e. The maximum absolute atomic E-state index is 12.4. The topological polar surface area (TPSA) is 41.6 Å². The van der Waals surface area contributed by atoms with Crippen molar-refractivity contribution >= 4 is 17.3 Å². The Labute approximate surface area is 143 Å². The second-order valence-electron chi connectivity index (χ2n) is 6.18. The van der Waals surface area contributed by atoms with Crippen LogP contribution in [0.1, 0.15) is 25.7 Å². The first-order valence-corrected chi connectivity index (χ1v) is 8.54. The number of carbonyl (C=O) groups is 1. The van der Waals surface area contributed by atoms with Crippen LogP contribution in [-0.2, 0) is 9.53 Å². The van der Waals surface area contributed by atoms with Crippen molar-refractivity contribution in [3.8, 4) is 0 Å². The van der Waals surface area contributed by atoms with E-state index in [0.717, 1.165) is 24.2 Å². The first-order valence-electron chi connectivity index (χ1n) is 8.54. The smallest absolute Gasteiger partial charge is 0.324 e. The summed E-state index contributed by atoms with van der Waals surface area (Å²) in [6.07, 6.45) is 4.47. The maximum atomic E-state index is 12.4. The van der Waals surface area contributed by atoms with E-state index in [0.29, 0.717) is 5.92 Å². The number of rotatable bonds is 6. The van der Waals surface area contributed by atoms with Crippen LogP contribution in [-0.4, -0.2) is 19.1 Å². The van der Waals surface area contributed by atoms with Gasteiger partial charge in [-0.25, -0.2) is 5.43 Å². The van der Waals surface area contributed by atoms with E-state index >= 15 is 0 Å². The van der Waals surface area contributed by atoms with E-state index in [2.05, 4.69) is 5.43 Å². The summed E-state index contributed by atoms with van der Waals surface area (Å²) < 4.78 is 5.07. The highest BCUT2D eigenvalue weighted by molar-refractivity contribution is 5.77. The van der Waals surface area contributed by atoms with Gasteiger partial charge in [0, 0.05) is 0 Å². The molecule has 0 bridgehead atoms. The summed E-state index contributed by atoms with van der Waals surface area (Å²) >= 11 is 0. The van der Waals surface area contributed by atoms with Crippen LogP contribution in [0.15, 0.2) is 60.7 Å². The van der Waals surface area contributed by atoms with Crippen molar-refractivity contribution in [2.24, 2.45) is 5.92 Å². The van der Waals surface area contributed by atoms with Crippen LogP contribution in [0.2, 0.25) is 0 Å². The quantitative estimate of drug-likeness (QED) is 0.643. The zero-order valence-electron chi connectivity index (χ0n) is 14.0. The molecule has 1 N–H and O–H groups in total. The summed E-state index contributed by atoms with van der Waals surface area (Å²) in [5.74, 6) is 0.117. The number of anilines is 2. The number of nitrogens with one attached hydrogen (secondary N) is 1. The zero-order valence-corrected chi connectivity index (χ0v) is 14.0. The van der Waals surface area contributed by atoms with Crippen LogP contribution in [0.4, 0.5) is 11.4 Å². The van der Waals surface area contributed by atoms with Gasteiger partial charge in [0.05, 0.1) is 18.5 Å². The number of hydrogen-bond acceptors (Lipinski definition) is 4. The summed E-state index contributed by atoms with van der Waals surface area (Å²) in [6.45, 7) is 0. The lowest BCUT2D eigenvalue weighted by Gasteiger charge is -2.32. The Hall–Kier alpha value is -2.33. The Morgan fingerprint density at radius 3 is 1.96 bits per heavy atom. The molecule has 0 aromatic heterocycles. The third kappa shape index (κ3) is 3.77. The highest BCUT2D eigenvalue weighted by Crippen LogP contribution is 2.30. The minimum absolute atomic E-state index is 0.196. The van der Waals surface area contributed by atoms with E-state index in [1.807, 2.05) is 65.7 Å². The van der Waals surface area contributed by atoms with Crippen LogP contribution < -0.4 is 10.4 Å². The lowest BCUT2D eigenvalue weighted by Crippen LogP contribution is -2.50. The molecule has 1 unspecified atom stereocenters. The van der Waals surface area contributed by atoms with E-state index in [4.69, 9.17) is 4.74 Å². The first kappa shape index (κ1) is 16.5. The number of benzene rings is 2. The van der Waals surface area contributed by atoms with E-state index in [-0.39, 0.29) is 12.0 Å². The molecule has 4 heteroatoms. The lowest BCUT2D eigenvalue weighted by atomic mass is 9.99. The Bertz CT molecular complexity index is 600. The van der Waals surface area contributed by atoms with Crippen LogP contribution in [0, 0.1) is 5.92 Å². The van der Waals surface area contributed by atoms with Gasteiger partial charge in [0.1, 0.15) is 6.04 Å². The van der Waals surface area contributed by atoms with Crippen LogP contribution in [0.5, 0.6) is 0 Å². The molecule has 0 heterocycles. The van der Waals surface area contributed by atoms with Crippen LogP contribution in [0.3, 0.4) is 0 Å². The zero-order chi connectivity index (χ0) is 16.8. The summed E-state index contributed by atoms with van der Waals surface area (Å²) in [7, 11) is 1.46. The van der Waals surface area contributed by atoms with E-state index in [9.17, 15) is 4.79 Å². The standard InChI is InChI=1S/C20H24N2O2/c1-24-20(23)19(16-10-8-9-11-16)21-22(17-12-4-2-5-13-17)18-14-6-3-7-15-18/h2-7,12-16,19,21H,8-11H2,1H3. The average Bonchev–Trinajstić information content (AvgIpc) is 3.18. The third-order valence-corrected chi connectivity index (χ3v) is 4.62. The number of methoxy groups -OCH3 is 1. The number of carbonyl (C=O) groups excluding carboxylic acids is 1. The van der Waals surface area contributed by atoms with Crippen molar-refractivity contribution < 1.29 is 9.53 Å². The lowest BCUT2D eigenvalue weighted by molar-refractivity contribution is -0.144. The molecule has 126 valence electrons. The Kier molecular flexibility index (Phi) is 5.49. The number of hydrogen-bond donors (Lipinski definition) is 1. The Morgan fingerprint density at radius 1 is 1.00 bits per heavy atom. The molecule has 1 aliphatic carbocycles. The summed E-state index contributed by atoms with van der Waals surface area (Å²) in [6, 6.07) is 19.7. The average molecular weight is 324 g/mol. The van der Waals surface area contributed by atoms with Gasteiger partial charge >= 0.3 is 5.97 Å². The van der Waals surface area contributed by atoms with Crippen LogP contribution in [0.25, 0.3) is 0 Å². The highest BCUT2D eigenvalue weighted by Gasteiger charge is 2.33. The van der Waals surface area contributed by atoms with E-state index < -0.39 is 0 Å². The van der Waals surface area contributed by atoms with Gasteiger partial charge in [0.15, 0.2) is 0 Å². The molecule has 1 aliphatic rings. The molecule has 1 saturated carbocycles. The summed E-state index contributed by atoms with van der Waals surface area (Å²) in [5.41, 5.74) is 5.43. The largest absolute Gasteiger partial charge is 0.468 e. The summed E-state index contributed by atoms with van der Waals surface area (Å²) in [5, 5.41) is 1.99. The molecule has 0 spiro atoms. The normalized spacial score (nSPS) is 15.9. The van der Waals surface area contributed by atoms with Gasteiger partial charge < -0.3 is 4.74 Å². The number of nitrogens with zero attached hydrogens (tertiary/aromatic N) is 1. The van der Waals surface area contributed by atoms with Gasteiger partial charge in [-0.05, 0) is 43.0 Å². The summed E-state index contributed by atoms with van der Waals surface area (Å²) in [4.78, 5) is 12.4. The second kappa shape index (κ2) is 7.97. The highest BCUT2D eigenvalue weighted by atomic mass is 16.5. The molecular weight excluding hydrogens is 300 g/mol. The molecule has 0 amide bonds. The van der Waals surface area contributed by atoms with Crippen molar-refractivity contribution in [3.05, 3.63) is 60.7 Å². The van der Waals surface area contributed by atoms with Gasteiger partial charge in [-0.2, -0.15) is 0 Å². The molecule has 0 aliphatic heterocycles. The molecule has 4 nitrogen and oxygen atoms in total. The molecule has 0 saturated heterocycles. The van der Waals surface area contributed by atoms with Crippen molar-refractivity contribution in [2.75, 3.05) is 12.1 Å². The molecule has 24 heavy (non-hydrogen) atoms. The fourth-order valence-corrected chi connectivity index (χ4v) is 3.36. The Morgan fingerprint density at radius 2 is 1.50 bits per heavy atom. The van der Waals surface area contributed by atoms with Crippen molar-refractivity contribution in [1.29, 1.82) is 0 Å². The molecule has 2 aromatic carbocycles. The SMILES string of the molecule is COC(=O)C(NN(c1ccccc1)c1ccccc1)C1CCCC1. The fourth-order valence-electron chi connectivity index (χ4n) is 3.36. The minimum atomic E-state index is -0.335. The molecule has 1 fully saturated rings. The predicted octanol–water partition coefficient (Wildman–Crippen LogP) is 4.06. The van der Waals surface area contributed by atoms with Gasteiger partial charge in [0.25, 0.3) is 0 Å². The molecular formula is C20H24N2O2. The molecule has 0 radical (unpaired) electrons. The van der Waals surface area contributed by atoms with Crippen molar-refractivity contribution in [2.45, 2.75) is 31.7 Å². The monoisotopic (exact) mass is 324 g/mol. The van der Waals surface area contributed by atoms with Crippen molar-refractivity contribution in [1.82, 2.24) is 5.43 Å². The number of ether oxygens (including phenoxy) is 1. The van der Waals surface area contributed by atoms with E-state index in [1.54, 1.807) is 0 Å².